The smallest absolute Gasteiger partial charge is 0.203 e. The number of methoxy groups -OCH3 is 2. The number of likely N-dealkylation sites (N-methyl/N-ethyl adjacent to an activating group) is 1. The van der Waals surface area contributed by atoms with Gasteiger partial charge in [0.25, 0.3) is 0 Å². The summed E-state index contributed by atoms with van der Waals surface area (Å²) < 4.78 is 16.3. The van der Waals surface area contributed by atoms with Crippen molar-refractivity contribution in [3.63, 3.8) is 0 Å². The zero-order chi connectivity index (χ0) is 12.0. The Morgan fingerprint density at radius 3 is 2.19 bits per heavy atom. The van der Waals surface area contributed by atoms with Crippen LogP contribution < -0.4 is 19.5 Å². The molecule has 1 unspecified atom stereocenters. The SMILES string of the molecule is CNCC(C)Oc1c(OC)cccc1OC. The first-order chi connectivity index (χ1) is 7.72. The van der Waals surface area contributed by atoms with Gasteiger partial charge < -0.3 is 19.5 Å². The molecule has 1 aromatic rings. The number of benzene rings is 1. The first-order valence-corrected chi connectivity index (χ1v) is 5.25. The molecule has 90 valence electrons. The zero-order valence-corrected chi connectivity index (χ0v) is 10.2. The molecule has 4 nitrogen and oxygen atoms in total. The summed E-state index contributed by atoms with van der Waals surface area (Å²) in [4.78, 5) is 0. The van der Waals surface area contributed by atoms with Gasteiger partial charge in [0.2, 0.25) is 5.75 Å². The van der Waals surface area contributed by atoms with Gasteiger partial charge in [0.1, 0.15) is 6.10 Å². The van der Waals surface area contributed by atoms with Crippen molar-refractivity contribution in [3.8, 4) is 17.2 Å². The van der Waals surface area contributed by atoms with Crippen molar-refractivity contribution in [3.05, 3.63) is 18.2 Å². The molecule has 16 heavy (non-hydrogen) atoms. The first kappa shape index (κ1) is 12.6. The Balaban J connectivity index is 2.90. The lowest BCUT2D eigenvalue weighted by Crippen LogP contribution is -2.26. The molecule has 0 fully saturated rings. The number of rotatable bonds is 6. The van der Waals surface area contributed by atoms with Gasteiger partial charge in [-0.1, -0.05) is 6.07 Å². The third-order valence-corrected chi connectivity index (χ3v) is 2.19. The second-order valence-electron chi connectivity index (χ2n) is 3.48. The van der Waals surface area contributed by atoms with Crippen LogP contribution in [0.2, 0.25) is 0 Å². The number of nitrogens with one attached hydrogen (secondary N) is 1. The van der Waals surface area contributed by atoms with Crippen LogP contribution in [0.5, 0.6) is 17.2 Å². The summed E-state index contributed by atoms with van der Waals surface area (Å²) in [6, 6.07) is 5.57. The van der Waals surface area contributed by atoms with Crippen LogP contribution in [0.25, 0.3) is 0 Å². The van der Waals surface area contributed by atoms with E-state index >= 15 is 0 Å². The van der Waals surface area contributed by atoms with Crippen molar-refractivity contribution in [2.45, 2.75) is 13.0 Å². The third kappa shape index (κ3) is 3.03. The van der Waals surface area contributed by atoms with Crippen LogP contribution in [0.4, 0.5) is 0 Å². The quantitative estimate of drug-likeness (QED) is 0.799. The molecule has 0 aliphatic heterocycles. The molecular formula is C12H19NO3. The van der Waals surface area contributed by atoms with E-state index in [9.17, 15) is 0 Å². The summed E-state index contributed by atoms with van der Waals surface area (Å²) in [7, 11) is 5.12. The second-order valence-corrected chi connectivity index (χ2v) is 3.48. The summed E-state index contributed by atoms with van der Waals surface area (Å²) in [5.41, 5.74) is 0. The van der Waals surface area contributed by atoms with Gasteiger partial charge >= 0.3 is 0 Å². The van der Waals surface area contributed by atoms with Crippen LogP contribution in [-0.2, 0) is 0 Å². The number of hydrogen-bond acceptors (Lipinski definition) is 4. The molecule has 1 aromatic carbocycles. The Labute approximate surface area is 96.5 Å². The summed E-state index contributed by atoms with van der Waals surface area (Å²) in [5, 5.41) is 3.06. The van der Waals surface area contributed by atoms with Crippen molar-refractivity contribution < 1.29 is 14.2 Å². The average Bonchev–Trinajstić information content (AvgIpc) is 2.29. The molecule has 0 aliphatic carbocycles. The molecule has 0 aromatic heterocycles. The van der Waals surface area contributed by atoms with E-state index in [-0.39, 0.29) is 6.10 Å². The molecule has 0 heterocycles. The molecule has 0 aliphatic rings. The topological polar surface area (TPSA) is 39.7 Å². The fourth-order valence-electron chi connectivity index (χ4n) is 1.46. The van der Waals surface area contributed by atoms with Gasteiger partial charge in [0.15, 0.2) is 11.5 Å². The second kappa shape index (κ2) is 6.23. The van der Waals surface area contributed by atoms with Crippen LogP contribution in [0, 0.1) is 0 Å². The molecule has 0 saturated heterocycles. The molecule has 0 amide bonds. The van der Waals surface area contributed by atoms with E-state index in [1.54, 1.807) is 14.2 Å². The summed E-state index contributed by atoms with van der Waals surface area (Å²) in [6.45, 7) is 2.75. The lowest BCUT2D eigenvalue weighted by Gasteiger charge is -2.18. The van der Waals surface area contributed by atoms with E-state index < -0.39 is 0 Å². The van der Waals surface area contributed by atoms with Gasteiger partial charge in [-0.3, -0.25) is 0 Å². The number of ether oxygens (including phenoxy) is 3. The first-order valence-electron chi connectivity index (χ1n) is 5.25. The van der Waals surface area contributed by atoms with Crippen LogP contribution >= 0.6 is 0 Å². The fourth-order valence-corrected chi connectivity index (χ4v) is 1.46. The molecule has 0 radical (unpaired) electrons. The minimum absolute atomic E-state index is 0.0511. The Hall–Kier alpha value is -1.42. The lowest BCUT2D eigenvalue weighted by atomic mass is 10.3. The van der Waals surface area contributed by atoms with E-state index in [0.717, 1.165) is 6.54 Å². The Bertz CT molecular complexity index is 306. The molecule has 1 rings (SSSR count). The molecular weight excluding hydrogens is 206 g/mol. The largest absolute Gasteiger partial charge is 0.493 e. The van der Waals surface area contributed by atoms with Gasteiger partial charge in [-0.25, -0.2) is 0 Å². The van der Waals surface area contributed by atoms with E-state index in [2.05, 4.69) is 5.32 Å². The normalized spacial score (nSPS) is 12.0. The Kier molecular flexibility index (Phi) is 4.92. The van der Waals surface area contributed by atoms with E-state index in [1.165, 1.54) is 0 Å². The lowest BCUT2D eigenvalue weighted by molar-refractivity contribution is 0.201. The average molecular weight is 225 g/mol. The summed E-state index contributed by atoms with van der Waals surface area (Å²) in [5.74, 6) is 2.01. The summed E-state index contributed by atoms with van der Waals surface area (Å²) >= 11 is 0. The Morgan fingerprint density at radius 2 is 1.75 bits per heavy atom. The maximum Gasteiger partial charge on any atom is 0.203 e. The predicted molar refractivity (Wildman–Crippen MR) is 63.6 cm³/mol. The van der Waals surface area contributed by atoms with Gasteiger partial charge in [-0.15, -0.1) is 0 Å². The van der Waals surface area contributed by atoms with Crippen molar-refractivity contribution in [2.75, 3.05) is 27.8 Å². The van der Waals surface area contributed by atoms with Gasteiger partial charge in [0, 0.05) is 6.54 Å². The van der Waals surface area contributed by atoms with Crippen molar-refractivity contribution in [1.82, 2.24) is 5.32 Å². The maximum absolute atomic E-state index is 5.79. The van der Waals surface area contributed by atoms with E-state index in [1.807, 2.05) is 32.2 Å². The number of hydrogen-bond donors (Lipinski definition) is 1. The third-order valence-electron chi connectivity index (χ3n) is 2.19. The monoisotopic (exact) mass is 225 g/mol. The highest BCUT2D eigenvalue weighted by Gasteiger charge is 2.13. The van der Waals surface area contributed by atoms with E-state index in [4.69, 9.17) is 14.2 Å². The van der Waals surface area contributed by atoms with Crippen LogP contribution in [-0.4, -0.2) is 33.9 Å². The zero-order valence-electron chi connectivity index (χ0n) is 10.2. The number of para-hydroxylation sites is 1. The predicted octanol–water partition coefficient (Wildman–Crippen LogP) is 1.69. The Morgan fingerprint density at radius 1 is 1.19 bits per heavy atom. The molecule has 0 bridgehead atoms. The molecule has 4 heteroatoms. The van der Waals surface area contributed by atoms with Crippen LogP contribution in [0.1, 0.15) is 6.92 Å². The van der Waals surface area contributed by atoms with Gasteiger partial charge in [-0.05, 0) is 26.1 Å². The van der Waals surface area contributed by atoms with Crippen molar-refractivity contribution in [2.24, 2.45) is 0 Å². The highest BCUT2D eigenvalue weighted by molar-refractivity contribution is 5.51. The molecule has 0 saturated carbocycles. The van der Waals surface area contributed by atoms with Gasteiger partial charge in [0.05, 0.1) is 14.2 Å². The molecule has 1 N–H and O–H groups in total. The standard InChI is InChI=1S/C12H19NO3/c1-9(8-13-2)16-12-10(14-3)6-5-7-11(12)15-4/h5-7,9,13H,8H2,1-4H3. The fraction of sp³-hybridized carbons (Fsp3) is 0.500. The van der Waals surface area contributed by atoms with Crippen LogP contribution in [0.15, 0.2) is 18.2 Å². The summed E-state index contributed by atoms with van der Waals surface area (Å²) in [6.07, 6.45) is 0.0511. The van der Waals surface area contributed by atoms with Crippen LogP contribution in [0.3, 0.4) is 0 Å². The van der Waals surface area contributed by atoms with Gasteiger partial charge in [-0.2, -0.15) is 0 Å². The maximum atomic E-state index is 5.79. The highest BCUT2D eigenvalue weighted by atomic mass is 16.5. The molecule has 0 spiro atoms. The van der Waals surface area contributed by atoms with Crippen molar-refractivity contribution in [1.29, 1.82) is 0 Å². The highest BCUT2D eigenvalue weighted by Crippen LogP contribution is 2.37. The minimum atomic E-state index is 0.0511. The van der Waals surface area contributed by atoms with E-state index in [0.29, 0.717) is 17.2 Å². The minimum Gasteiger partial charge on any atom is -0.493 e. The molecule has 1 atom stereocenters. The van der Waals surface area contributed by atoms with Crippen molar-refractivity contribution >= 4 is 0 Å².